The van der Waals surface area contributed by atoms with Gasteiger partial charge in [-0.25, -0.2) is 9.78 Å². The van der Waals surface area contributed by atoms with Crippen molar-refractivity contribution in [2.45, 2.75) is 12.5 Å². The first kappa shape index (κ1) is 11.2. The zero-order chi connectivity index (χ0) is 11.5. The standard InChI is InChI=1S/C10H11ClN2O3/c11-9-3-7(8(12)4-13-9)10(14)16-6-1-2-15-5-6/h3-4,6H,1-2,5,12H2. The van der Waals surface area contributed by atoms with E-state index in [1.54, 1.807) is 0 Å². The Labute approximate surface area is 97.5 Å². The van der Waals surface area contributed by atoms with E-state index < -0.39 is 5.97 Å². The number of nitrogens with zero attached hydrogens (tertiary/aromatic N) is 1. The van der Waals surface area contributed by atoms with E-state index in [1.807, 2.05) is 0 Å². The molecule has 2 N–H and O–H groups in total. The molecule has 1 unspecified atom stereocenters. The minimum absolute atomic E-state index is 0.196. The SMILES string of the molecule is Nc1cnc(Cl)cc1C(=O)OC1CCOC1. The van der Waals surface area contributed by atoms with Crippen LogP contribution in [0.5, 0.6) is 0 Å². The van der Waals surface area contributed by atoms with Gasteiger partial charge in [-0.05, 0) is 6.07 Å². The van der Waals surface area contributed by atoms with Gasteiger partial charge in [0, 0.05) is 6.42 Å². The zero-order valence-electron chi connectivity index (χ0n) is 8.48. The van der Waals surface area contributed by atoms with Crippen LogP contribution in [0, 0.1) is 0 Å². The third-order valence-corrected chi connectivity index (χ3v) is 2.49. The van der Waals surface area contributed by atoms with Crippen LogP contribution >= 0.6 is 11.6 Å². The fourth-order valence-electron chi connectivity index (χ4n) is 1.44. The molecule has 16 heavy (non-hydrogen) atoms. The monoisotopic (exact) mass is 242 g/mol. The Bertz CT molecular complexity index is 405. The number of rotatable bonds is 2. The van der Waals surface area contributed by atoms with Crippen molar-refractivity contribution in [3.05, 3.63) is 23.0 Å². The zero-order valence-corrected chi connectivity index (χ0v) is 9.24. The first-order valence-corrected chi connectivity index (χ1v) is 5.24. The van der Waals surface area contributed by atoms with Gasteiger partial charge in [-0.1, -0.05) is 11.6 Å². The van der Waals surface area contributed by atoms with Crippen LogP contribution in [0.3, 0.4) is 0 Å². The molecule has 1 aliphatic heterocycles. The topological polar surface area (TPSA) is 74.4 Å². The summed E-state index contributed by atoms with van der Waals surface area (Å²) in [7, 11) is 0. The molecule has 1 atom stereocenters. The summed E-state index contributed by atoms with van der Waals surface area (Å²) in [5.41, 5.74) is 6.11. The quantitative estimate of drug-likeness (QED) is 0.624. The van der Waals surface area contributed by atoms with Gasteiger partial charge >= 0.3 is 5.97 Å². The smallest absolute Gasteiger partial charge is 0.340 e. The molecule has 2 rings (SSSR count). The maximum atomic E-state index is 11.7. The number of hydrogen-bond donors (Lipinski definition) is 1. The summed E-state index contributed by atoms with van der Waals surface area (Å²) >= 11 is 5.68. The lowest BCUT2D eigenvalue weighted by Crippen LogP contribution is -2.19. The highest BCUT2D eigenvalue weighted by molar-refractivity contribution is 6.29. The van der Waals surface area contributed by atoms with E-state index in [9.17, 15) is 4.79 Å². The van der Waals surface area contributed by atoms with E-state index in [2.05, 4.69) is 4.98 Å². The summed E-state index contributed by atoms with van der Waals surface area (Å²) in [6.07, 6.45) is 1.85. The van der Waals surface area contributed by atoms with Gasteiger partial charge in [0.1, 0.15) is 11.3 Å². The number of pyridine rings is 1. The van der Waals surface area contributed by atoms with Crippen LogP contribution in [-0.2, 0) is 9.47 Å². The molecule has 1 aromatic heterocycles. The van der Waals surface area contributed by atoms with Gasteiger partial charge in [0.25, 0.3) is 0 Å². The number of hydrogen-bond acceptors (Lipinski definition) is 5. The fraction of sp³-hybridized carbons (Fsp3) is 0.400. The van der Waals surface area contributed by atoms with Gasteiger partial charge < -0.3 is 15.2 Å². The van der Waals surface area contributed by atoms with Crippen molar-refractivity contribution in [2.24, 2.45) is 0 Å². The second-order valence-electron chi connectivity index (χ2n) is 3.49. The molecule has 86 valence electrons. The second kappa shape index (κ2) is 4.67. The Kier molecular flexibility index (Phi) is 3.26. The Morgan fingerprint density at radius 2 is 2.50 bits per heavy atom. The third kappa shape index (κ3) is 2.43. The maximum absolute atomic E-state index is 11.7. The average molecular weight is 243 g/mol. The molecule has 1 aromatic rings. The van der Waals surface area contributed by atoms with Crippen molar-refractivity contribution < 1.29 is 14.3 Å². The van der Waals surface area contributed by atoms with Gasteiger partial charge in [0.2, 0.25) is 0 Å². The van der Waals surface area contributed by atoms with Gasteiger partial charge in [0.15, 0.2) is 0 Å². The molecule has 0 bridgehead atoms. The average Bonchev–Trinajstić information content (AvgIpc) is 2.74. The molecule has 0 aromatic carbocycles. The Hall–Kier alpha value is -1.33. The van der Waals surface area contributed by atoms with Crippen LogP contribution in [0.15, 0.2) is 12.3 Å². The molecule has 1 aliphatic rings. The van der Waals surface area contributed by atoms with Crippen molar-refractivity contribution in [3.63, 3.8) is 0 Å². The number of carbonyl (C=O) groups excluding carboxylic acids is 1. The summed E-state index contributed by atoms with van der Waals surface area (Å²) in [6, 6.07) is 1.40. The van der Waals surface area contributed by atoms with E-state index in [0.29, 0.717) is 19.6 Å². The van der Waals surface area contributed by atoms with Gasteiger partial charge in [-0.2, -0.15) is 0 Å². The number of ether oxygens (including phenoxy) is 2. The molecule has 0 saturated carbocycles. The summed E-state index contributed by atoms with van der Waals surface area (Å²) in [4.78, 5) is 15.5. The van der Waals surface area contributed by atoms with Crippen LogP contribution in [0.2, 0.25) is 5.15 Å². The molecular formula is C10H11ClN2O3. The molecule has 1 saturated heterocycles. The van der Waals surface area contributed by atoms with E-state index in [1.165, 1.54) is 12.3 Å². The number of nitrogens with two attached hydrogens (primary N) is 1. The summed E-state index contributed by atoms with van der Waals surface area (Å²) < 4.78 is 10.3. The molecular weight excluding hydrogens is 232 g/mol. The van der Waals surface area contributed by atoms with Gasteiger partial charge in [-0.15, -0.1) is 0 Å². The van der Waals surface area contributed by atoms with E-state index in [0.717, 1.165) is 0 Å². The number of anilines is 1. The van der Waals surface area contributed by atoms with Crippen molar-refractivity contribution in [1.29, 1.82) is 0 Å². The lowest BCUT2D eigenvalue weighted by molar-refractivity contribution is 0.0272. The number of aromatic nitrogens is 1. The second-order valence-corrected chi connectivity index (χ2v) is 3.87. The largest absolute Gasteiger partial charge is 0.456 e. The van der Waals surface area contributed by atoms with Crippen molar-refractivity contribution in [2.75, 3.05) is 18.9 Å². The molecule has 0 radical (unpaired) electrons. The predicted octanol–water partition coefficient (Wildman–Crippen LogP) is 1.26. The molecule has 0 aliphatic carbocycles. The van der Waals surface area contributed by atoms with Crippen LogP contribution in [-0.4, -0.2) is 30.3 Å². The Morgan fingerprint density at radius 1 is 1.69 bits per heavy atom. The predicted molar refractivity (Wildman–Crippen MR) is 58.3 cm³/mol. The normalized spacial score (nSPS) is 19.7. The summed E-state index contributed by atoms with van der Waals surface area (Å²) in [5, 5.41) is 0.212. The summed E-state index contributed by atoms with van der Waals surface area (Å²) in [6.45, 7) is 1.05. The fourth-order valence-corrected chi connectivity index (χ4v) is 1.60. The first-order chi connectivity index (χ1) is 7.66. The number of halogens is 1. The number of nitrogen functional groups attached to an aromatic ring is 1. The van der Waals surface area contributed by atoms with E-state index in [4.69, 9.17) is 26.8 Å². The Morgan fingerprint density at radius 3 is 3.19 bits per heavy atom. The molecule has 0 spiro atoms. The highest BCUT2D eigenvalue weighted by Crippen LogP contribution is 2.18. The molecule has 2 heterocycles. The van der Waals surface area contributed by atoms with Gasteiger partial charge in [0.05, 0.1) is 30.7 Å². The van der Waals surface area contributed by atoms with E-state index >= 15 is 0 Å². The van der Waals surface area contributed by atoms with Crippen LogP contribution in [0.25, 0.3) is 0 Å². The number of esters is 1. The van der Waals surface area contributed by atoms with Crippen LogP contribution in [0.1, 0.15) is 16.8 Å². The summed E-state index contributed by atoms with van der Waals surface area (Å²) in [5.74, 6) is -0.489. The lowest BCUT2D eigenvalue weighted by Gasteiger charge is -2.11. The van der Waals surface area contributed by atoms with Crippen molar-refractivity contribution >= 4 is 23.3 Å². The van der Waals surface area contributed by atoms with Crippen molar-refractivity contribution in [1.82, 2.24) is 4.98 Å². The van der Waals surface area contributed by atoms with Gasteiger partial charge in [-0.3, -0.25) is 0 Å². The van der Waals surface area contributed by atoms with Crippen molar-refractivity contribution in [3.8, 4) is 0 Å². The minimum Gasteiger partial charge on any atom is -0.456 e. The molecule has 0 amide bonds. The Balaban J connectivity index is 2.10. The molecule has 5 nitrogen and oxygen atoms in total. The maximum Gasteiger partial charge on any atom is 0.340 e. The number of carbonyl (C=O) groups is 1. The molecule has 6 heteroatoms. The lowest BCUT2D eigenvalue weighted by atomic mass is 10.2. The van der Waals surface area contributed by atoms with Crippen LogP contribution in [0.4, 0.5) is 5.69 Å². The third-order valence-electron chi connectivity index (χ3n) is 2.28. The highest BCUT2D eigenvalue weighted by Gasteiger charge is 2.22. The van der Waals surface area contributed by atoms with Crippen LogP contribution < -0.4 is 5.73 Å². The van der Waals surface area contributed by atoms with E-state index in [-0.39, 0.29) is 22.5 Å². The molecule has 1 fully saturated rings. The minimum atomic E-state index is -0.489. The first-order valence-electron chi connectivity index (χ1n) is 4.86. The highest BCUT2D eigenvalue weighted by atomic mass is 35.5.